The Morgan fingerprint density at radius 3 is 1.71 bits per heavy atom. The number of anilines is 3. The Morgan fingerprint density at radius 1 is 0.561 bits per heavy atom. The molecule has 0 heterocycles. The average molecular weight is 878 g/mol. The predicted molar refractivity (Wildman–Crippen MR) is 287 cm³/mol. The van der Waals surface area contributed by atoms with Crippen molar-refractivity contribution in [2.75, 3.05) is 18.6 Å². The monoisotopic (exact) mass is 878 g/mol. The molecule has 3 nitrogen and oxygen atoms in total. The first kappa shape index (κ1) is 49.4. The Hall–Kier alpha value is -6.06. The predicted octanol–water partition coefficient (Wildman–Crippen LogP) is 18.0. The lowest BCUT2D eigenvalue weighted by Crippen LogP contribution is -2.19. The lowest BCUT2D eigenvalue weighted by Gasteiger charge is -2.29. The SMILES string of the molecule is CCCC(C)(/C=C/c1ccccc1)c1ccc(N(c2ccc(C)cc2)c2ccc(/C=C/c3cc(OCCC(C)CCCC(C)C)c(/C=C/C(C)(CC)c4ccccc4)cc3OC)cc2)cc1. The number of allylic oxidation sites excluding steroid dienone is 2. The van der Waals surface area contributed by atoms with Crippen LogP contribution in [0.25, 0.3) is 24.3 Å². The molecule has 0 aromatic heterocycles. The van der Waals surface area contributed by atoms with Crippen LogP contribution in [0.4, 0.5) is 17.1 Å². The minimum Gasteiger partial charge on any atom is -0.496 e. The van der Waals surface area contributed by atoms with E-state index in [1.54, 1.807) is 7.11 Å². The zero-order valence-electron chi connectivity index (χ0n) is 41.4. The highest BCUT2D eigenvalue weighted by atomic mass is 16.5. The summed E-state index contributed by atoms with van der Waals surface area (Å²) < 4.78 is 12.7. The molecule has 0 fully saturated rings. The normalized spacial score (nSPS) is 14.2. The number of rotatable bonds is 23. The molecule has 0 bridgehead atoms. The van der Waals surface area contributed by atoms with E-state index in [1.165, 1.54) is 41.5 Å². The topological polar surface area (TPSA) is 21.7 Å². The van der Waals surface area contributed by atoms with E-state index in [1.807, 2.05) is 0 Å². The third-order valence-corrected chi connectivity index (χ3v) is 13.4. The van der Waals surface area contributed by atoms with Gasteiger partial charge in [-0.05, 0) is 109 Å². The van der Waals surface area contributed by atoms with Crippen molar-refractivity contribution in [1.29, 1.82) is 0 Å². The molecule has 6 aromatic carbocycles. The Morgan fingerprint density at radius 2 is 1.11 bits per heavy atom. The van der Waals surface area contributed by atoms with Gasteiger partial charge >= 0.3 is 0 Å². The number of ether oxygens (including phenoxy) is 2. The molecule has 0 saturated carbocycles. The molecule has 0 aliphatic carbocycles. The first-order chi connectivity index (χ1) is 31.9. The van der Waals surface area contributed by atoms with Crippen molar-refractivity contribution in [3.8, 4) is 11.5 Å². The third kappa shape index (κ3) is 13.5. The number of aryl methyl sites for hydroxylation is 1. The van der Waals surface area contributed by atoms with Gasteiger partial charge in [0.2, 0.25) is 0 Å². The lowest BCUT2D eigenvalue weighted by molar-refractivity contribution is 0.275. The number of hydrogen-bond donors (Lipinski definition) is 0. The molecule has 0 amide bonds. The van der Waals surface area contributed by atoms with E-state index < -0.39 is 0 Å². The summed E-state index contributed by atoms with van der Waals surface area (Å²) in [6.07, 6.45) is 21.5. The minimum atomic E-state index is -0.115. The summed E-state index contributed by atoms with van der Waals surface area (Å²) in [5.74, 6) is 3.05. The second-order valence-electron chi connectivity index (χ2n) is 19.2. The van der Waals surface area contributed by atoms with Crippen LogP contribution in [-0.4, -0.2) is 13.7 Å². The van der Waals surface area contributed by atoms with Crippen LogP contribution in [0.5, 0.6) is 11.5 Å². The van der Waals surface area contributed by atoms with Crippen molar-refractivity contribution in [1.82, 2.24) is 0 Å². The maximum atomic E-state index is 6.68. The highest BCUT2D eigenvalue weighted by Gasteiger charge is 2.24. The van der Waals surface area contributed by atoms with Crippen molar-refractivity contribution in [3.63, 3.8) is 0 Å². The molecule has 6 aromatic rings. The van der Waals surface area contributed by atoms with Crippen LogP contribution in [0.1, 0.15) is 132 Å². The fraction of sp³-hybridized carbons (Fsp3) is 0.333. The van der Waals surface area contributed by atoms with Crippen LogP contribution in [0.3, 0.4) is 0 Å². The van der Waals surface area contributed by atoms with Crippen LogP contribution in [0.2, 0.25) is 0 Å². The molecular weight excluding hydrogens is 803 g/mol. The first-order valence-electron chi connectivity index (χ1n) is 24.5. The molecule has 6 rings (SSSR count). The van der Waals surface area contributed by atoms with Crippen molar-refractivity contribution < 1.29 is 9.47 Å². The molecule has 3 unspecified atom stereocenters. The van der Waals surface area contributed by atoms with Crippen LogP contribution in [-0.2, 0) is 10.8 Å². The first-order valence-corrected chi connectivity index (χ1v) is 24.5. The van der Waals surface area contributed by atoms with E-state index in [9.17, 15) is 0 Å². The van der Waals surface area contributed by atoms with Gasteiger partial charge in [0.1, 0.15) is 11.5 Å². The summed E-state index contributed by atoms with van der Waals surface area (Å²) in [7, 11) is 1.76. The molecule has 0 N–H and O–H groups in total. The van der Waals surface area contributed by atoms with Crippen LogP contribution in [0.15, 0.2) is 158 Å². The highest BCUT2D eigenvalue weighted by molar-refractivity contribution is 5.80. The van der Waals surface area contributed by atoms with Gasteiger partial charge < -0.3 is 14.4 Å². The fourth-order valence-electron chi connectivity index (χ4n) is 8.79. The second-order valence-corrected chi connectivity index (χ2v) is 19.2. The summed E-state index contributed by atoms with van der Waals surface area (Å²) in [5, 5.41) is 0. The largest absolute Gasteiger partial charge is 0.496 e. The van der Waals surface area contributed by atoms with Crippen LogP contribution >= 0.6 is 0 Å². The molecule has 3 heteroatoms. The summed E-state index contributed by atoms with van der Waals surface area (Å²) in [5.41, 5.74) is 11.3. The van der Waals surface area contributed by atoms with Gasteiger partial charge in [-0.15, -0.1) is 0 Å². The van der Waals surface area contributed by atoms with Gasteiger partial charge in [-0.1, -0.05) is 213 Å². The standard InChI is InChI=1S/C63H75NO2/c1-10-42-63(8,43-39-51-21-14-12-15-22-51)56-31-37-59(38-32-56)64(57-33-25-50(6)26-34-57)58-35-28-52(29-36-58)27-30-53-47-61(66-45-41-49(5)20-18-19-48(3)4)54(46-60(53)65-9)40-44-62(7,11-2)55-23-16-13-17-24-55/h12-17,21-40,43-44,46-49H,10-11,18-20,41-42,45H2,1-9H3/b30-27+,43-39+,44-40+. The van der Waals surface area contributed by atoms with Crippen molar-refractivity contribution >= 4 is 41.4 Å². The van der Waals surface area contributed by atoms with E-state index in [0.29, 0.717) is 12.5 Å². The molecule has 66 heavy (non-hydrogen) atoms. The Balaban J connectivity index is 1.27. The Labute approximate surface area is 398 Å². The highest BCUT2D eigenvalue weighted by Crippen LogP contribution is 2.39. The summed E-state index contributed by atoms with van der Waals surface area (Å²) in [6.45, 7) is 19.0. The van der Waals surface area contributed by atoms with Gasteiger partial charge in [0.25, 0.3) is 0 Å². The zero-order valence-corrected chi connectivity index (χ0v) is 41.4. The van der Waals surface area contributed by atoms with Crippen molar-refractivity contribution in [2.24, 2.45) is 11.8 Å². The number of methoxy groups -OCH3 is 1. The van der Waals surface area contributed by atoms with Gasteiger partial charge in [-0.2, -0.15) is 0 Å². The van der Waals surface area contributed by atoms with Gasteiger partial charge in [0, 0.05) is 39.0 Å². The fourth-order valence-corrected chi connectivity index (χ4v) is 8.79. The lowest BCUT2D eigenvalue weighted by atomic mass is 9.78. The third-order valence-electron chi connectivity index (χ3n) is 13.4. The van der Waals surface area contributed by atoms with E-state index in [4.69, 9.17) is 9.47 Å². The molecule has 0 aliphatic rings. The van der Waals surface area contributed by atoms with Gasteiger partial charge in [-0.25, -0.2) is 0 Å². The summed E-state index contributed by atoms with van der Waals surface area (Å²) >= 11 is 0. The summed E-state index contributed by atoms with van der Waals surface area (Å²) in [6, 6.07) is 52.5. The molecule has 3 atom stereocenters. The second kappa shape index (κ2) is 23.9. The molecule has 0 saturated heterocycles. The van der Waals surface area contributed by atoms with Gasteiger partial charge in [0.15, 0.2) is 0 Å². The van der Waals surface area contributed by atoms with E-state index in [2.05, 4.69) is 242 Å². The molecule has 0 aliphatic heterocycles. The molecule has 344 valence electrons. The van der Waals surface area contributed by atoms with E-state index in [-0.39, 0.29) is 10.8 Å². The Bertz CT molecular complexity index is 2460. The van der Waals surface area contributed by atoms with E-state index >= 15 is 0 Å². The average Bonchev–Trinajstić information content (AvgIpc) is 3.34. The number of nitrogens with zero attached hydrogens (tertiary/aromatic N) is 1. The quantitative estimate of drug-likeness (QED) is 0.0599. The van der Waals surface area contributed by atoms with Gasteiger partial charge in [0.05, 0.1) is 13.7 Å². The molecule has 0 radical (unpaired) electrons. The summed E-state index contributed by atoms with van der Waals surface area (Å²) in [4.78, 5) is 2.35. The maximum absolute atomic E-state index is 6.68. The maximum Gasteiger partial charge on any atom is 0.127 e. The Kier molecular flexibility index (Phi) is 17.9. The van der Waals surface area contributed by atoms with E-state index in [0.717, 1.165) is 76.9 Å². The zero-order chi connectivity index (χ0) is 46.9. The number of hydrogen-bond acceptors (Lipinski definition) is 3. The molecular formula is C63H75NO2. The minimum absolute atomic E-state index is 0.0807. The van der Waals surface area contributed by atoms with Crippen molar-refractivity contribution in [3.05, 3.63) is 197 Å². The van der Waals surface area contributed by atoms with Crippen LogP contribution < -0.4 is 14.4 Å². The van der Waals surface area contributed by atoms with Gasteiger partial charge in [-0.3, -0.25) is 0 Å². The number of benzene rings is 6. The van der Waals surface area contributed by atoms with Crippen LogP contribution in [0, 0.1) is 18.8 Å². The van der Waals surface area contributed by atoms with Crippen molar-refractivity contribution in [2.45, 2.75) is 111 Å². The molecule has 0 spiro atoms. The smallest absolute Gasteiger partial charge is 0.127 e.